The van der Waals surface area contributed by atoms with Gasteiger partial charge in [-0.1, -0.05) is 49.2 Å². The molecule has 31 heavy (non-hydrogen) atoms. The van der Waals surface area contributed by atoms with Crippen LogP contribution in [0.1, 0.15) is 25.3 Å². The van der Waals surface area contributed by atoms with Crippen molar-refractivity contribution in [2.45, 2.75) is 19.8 Å². The molecular formula is C25H22Cl2N2O2. The summed E-state index contributed by atoms with van der Waals surface area (Å²) < 4.78 is 5.56. The Morgan fingerprint density at radius 2 is 1.55 bits per heavy atom. The summed E-state index contributed by atoms with van der Waals surface area (Å²) in [6.07, 6.45) is 0. The van der Waals surface area contributed by atoms with Crippen LogP contribution in [0, 0.1) is 23.2 Å². The van der Waals surface area contributed by atoms with Crippen molar-refractivity contribution in [2.24, 2.45) is 11.8 Å². The van der Waals surface area contributed by atoms with Gasteiger partial charge in [-0.2, -0.15) is 5.26 Å². The summed E-state index contributed by atoms with van der Waals surface area (Å²) in [6.45, 7) is 3.82. The molecule has 3 rings (SSSR count). The Balaban J connectivity index is 1.83. The van der Waals surface area contributed by atoms with Gasteiger partial charge in [0.25, 0.3) is 0 Å². The molecule has 0 bridgehead atoms. The van der Waals surface area contributed by atoms with Crippen LogP contribution in [0.4, 0.5) is 11.4 Å². The number of nitrogens with one attached hydrogen (secondary N) is 1. The van der Waals surface area contributed by atoms with Crippen LogP contribution in [0.2, 0.25) is 10.0 Å². The van der Waals surface area contributed by atoms with Gasteiger partial charge in [-0.15, -0.1) is 0 Å². The second-order valence-electron chi connectivity index (χ2n) is 7.51. The van der Waals surface area contributed by atoms with Gasteiger partial charge in [0.2, 0.25) is 0 Å². The molecule has 0 amide bonds. The third-order valence-electron chi connectivity index (χ3n) is 4.90. The van der Waals surface area contributed by atoms with Crippen molar-refractivity contribution in [3.63, 3.8) is 0 Å². The summed E-state index contributed by atoms with van der Waals surface area (Å²) in [5.74, 6) is -1.44. The molecule has 3 aromatic rings. The van der Waals surface area contributed by atoms with Crippen LogP contribution in [0.5, 0.6) is 5.75 Å². The molecule has 6 heteroatoms. The minimum atomic E-state index is -0.660. The second kappa shape index (κ2) is 10.3. The molecule has 2 atom stereocenters. The first kappa shape index (κ1) is 22.7. The number of carbonyl (C=O) groups is 1. The largest absolute Gasteiger partial charge is 0.426 e. The maximum atomic E-state index is 13.0. The molecule has 1 N–H and O–H groups in total. The molecule has 0 fully saturated rings. The van der Waals surface area contributed by atoms with Crippen LogP contribution in [0.25, 0.3) is 0 Å². The highest BCUT2D eigenvalue weighted by Crippen LogP contribution is 2.33. The summed E-state index contributed by atoms with van der Waals surface area (Å²) in [5.41, 5.74) is 2.43. The van der Waals surface area contributed by atoms with Gasteiger partial charge in [0.1, 0.15) is 5.75 Å². The lowest BCUT2D eigenvalue weighted by Gasteiger charge is -2.24. The Morgan fingerprint density at radius 3 is 2.13 bits per heavy atom. The minimum Gasteiger partial charge on any atom is -0.426 e. The van der Waals surface area contributed by atoms with E-state index >= 15 is 0 Å². The number of esters is 1. The Kier molecular flexibility index (Phi) is 7.57. The number of carbonyl (C=O) groups excluding carboxylic acids is 1. The van der Waals surface area contributed by atoms with Crippen molar-refractivity contribution in [2.75, 3.05) is 5.32 Å². The van der Waals surface area contributed by atoms with E-state index in [4.69, 9.17) is 27.9 Å². The summed E-state index contributed by atoms with van der Waals surface area (Å²) >= 11 is 11.8. The molecule has 0 aliphatic carbocycles. The van der Waals surface area contributed by atoms with Gasteiger partial charge in [-0.05, 0) is 72.1 Å². The smallest absolute Gasteiger partial charge is 0.316 e. The lowest BCUT2D eigenvalue weighted by atomic mass is 9.80. The summed E-state index contributed by atoms with van der Waals surface area (Å²) in [6, 6.07) is 23.7. The van der Waals surface area contributed by atoms with Gasteiger partial charge in [0.15, 0.2) is 0 Å². The Hall–Kier alpha value is -3.00. The van der Waals surface area contributed by atoms with Crippen molar-refractivity contribution in [1.29, 1.82) is 5.26 Å². The van der Waals surface area contributed by atoms with E-state index < -0.39 is 17.8 Å². The zero-order chi connectivity index (χ0) is 22.4. The van der Waals surface area contributed by atoms with Gasteiger partial charge in [-0.25, -0.2) is 0 Å². The van der Waals surface area contributed by atoms with E-state index in [-0.39, 0.29) is 5.92 Å². The first-order valence-corrected chi connectivity index (χ1v) is 10.6. The number of benzene rings is 3. The van der Waals surface area contributed by atoms with Crippen molar-refractivity contribution >= 4 is 40.5 Å². The van der Waals surface area contributed by atoms with Crippen LogP contribution in [0.15, 0.2) is 72.8 Å². The number of ether oxygens (including phenoxy) is 1. The van der Waals surface area contributed by atoms with E-state index in [2.05, 4.69) is 11.4 Å². The molecular weight excluding hydrogens is 431 g/mol. The Bertz CT molecular complexity index is 1070. The van der Waals surface area contributed by atoms with E-state index in [0.717, 1.165) is 16.9 Å². The molecule has 0 saturated heterocycles. The Morgan fingerprint density at radius 1 is 0.935 bits per heavy atom. The van der Waals surface area contributed by atoms with Gasteiger partial charge in [-0.3, -0.25) is 4.79 Å². The number of hydrogen-bond donors (Lipinski definition) is 1. The van der Waals surface area contributed by atoms with Crippen LogP contribution in [-0.4, -0.2) is 5.97 Å². The predicted molar refractivity (Wildman–Crippen MR) is 125 cm³/mol. The average Bonchev–Trinajstić information content (AvgIpc) is 2.75. The normalized spacial score (nSPS) is 12.6. The second-order valence-corrected chi connectivity index (χ2v) is 8.38. The van der Waals surface area contributed by atoms with Crippen molar-refractivity contribution < 1.29 is 9.53 Å². The molecule has 0 aromatic heterocycles. The molecule has 0 heterocycles. The van der Waals surface area contributed by atoms with Crippen LogP contribution < -0.4 is 10.1 Å². The molecule has 4 nitrogen and oxygen atoms in total. The van der Waals surface area contributed by atoms with Gasteiger partial charge in [0.05, 0.1) is 17.9 Å². The van der Waals surface area contributed by atoms with E-state index in [9.17, 15) is 10.1 Å². The zero-order valence-corrected chi connectivity index (χ0v) is 18.7. The molecule has 0 radical (unpaired) electrons. The molecule has 158 valence electrons. The highest BCUT2D eigenvalue weighted by Gasteiger charge is 2.34. The van der Waals surface area contributed by atoms with E-state index in [1.165, 1.54) is 0 Å². The van der Waals surface area contributed by atoms with Crippen LogP contribution >= 0.6 is 23.2 Å². The lowest BCUT2D eigenvalue weighted by molar-refractivity contribution is -0.140. The number of rotatable bonds is 7. The van der Waals surface area contributed by atoms with Gasteiger partial charge < -0.3 is 10.1 Å². The topological polar surface area (TPSA) is 62.1 Å². The third kappa shape index (κ3) is 6.01. The minimum absolute atomic E-state index is 0.0997. The van der Waals surface area contributed by atoms with Gasteiger partial charge in [0, 0.05) is 21.4 Å². The summed E-state index contributed by atoms with van der Waals surface area (Å²) in [7, 11) is 0. The van der Waals surface area contributed by atoms with Crippen molar-refractivity contribution in [3.05, 3.63) is 88.4 Å². The zero-order valence-electron chi connectivity index (χ0n) is 17.2. The number of hydrogen-bond acceptors (Lipinski definition) is 4. The van der Waals surface area contributed by atoms with Crippen molar-refractivity contribution in [3.8, 4) is 11.8 Å². The first-order valence-electron chi connectivity index (χ1n) is 9.87. The van der Waals surface area contributed by atoms with Crippen LogP contribution in [0.3, 0.4) is 0 Å². The van der Waals surface area contributed by atoms with Crippen LogP contribution in [-0.2, 0) is 4.79 Å². The number of anilines is 2. The van der Waals surface area contributed by atoms with E-state index in [0.29, 0.717) is 15.8 Å². The predicted octanol–water partition coefficient (Wildman–Crippen LogP) is 7.22. The van der Waals surface area contributed by atoms with Gasteiger partial charge >= 0.3 is 5.97 Å². The third-order valence-corrected chi connectivity index (χ3v) is 5.40. The fourth-order valence-electron chi connectivity index (χ4n) is 3.35. The number of nitrogens with zero attached hydrogens (tertiary/aromatic N) is 1. The maximum Gasteiger partial charge on any atom is 0.316 e. The highest BCUT2D eigenvalue weighted by molar-refractivity contribution is 6.30. The summed E-state index contributed by atoms with van der Waals surface area (Å²) in [4.78, 5) is 13.0. The molecule has 0 spiro atoms. The summed E-state index contributed by atoms with van der Waals surface area (Å²) in [5, 5.41) is 14.5. The first-order chi connectivity index (χ1) is 14.9. The molecule has 0 aliphatic rings. The Labute approximate surface area is 192 Å². The quantitative estimate of drug-likeness (QED) is 0.303. The fraction of sp³-hybridized carbons (Fsp3) is 0.200. The monoisotopic (exact) mass is 452 g/mol. The lowest BCUT2D eigenvalue weighted by Crippen LogP contribution is -2.30. The van der Waals surface area contributed by atoms with E-state index in [1.54, 1.807) is 36.4 Å². The molecule has 0 saturated carbocycles. The number of nitriles is 1. The molecule has 3 aromatic carbocycles. The number of halogens is 2. The maximum absolute atomic E-state index is 13.0. The standard InChI is InChI=1S/C25H22Cl2N2O2/c1-16(2)24(25(30)31-22-12-8-19(27)9-13-22)23(15-28)17-4-3-5-21(14-17)29-20-10-6-18(26)7-11-20/h3-14,16,23-24,29H,1-2H3/t23?,24-/m0/s1. The average molecular weight is 453 g/mol. The SMILES string of the molecule is CC(C)[C@H](C(=O)Oc1ccc(Cl)cc1)C(C#N)c1cccc(Nc2ccc(Cl)cc2)c1. The molecule has 0 aliphatic heterocycles. The van der Waals surface area contributed by atoms with E-state index in [1.807, 2.05) is 50.2 Å². The highest BCUT2D eigenvalue weighted by atomic mass is 35.5. The fourth-order valence-corrected chi connectivity index (χ4v) is 3.60. The van der Waals surface area contributed by atoms with Crippen molar-refractivity contribution in [1.82, 2.24) is 0 Å². The molecule has 1 unspecified atom stereocenters.